The smallest absolute Gasteiger partial charge is 0.238 e. The van der Waals surface area contributed by atoms with Crippen LogP contribution in [0.4, 0.5) is 11.8 Å². The minimum absolute atomic E-state index is 0.0641. The van der Waals surface area contributed by atoms with Gasteiger partial charge in [0, 0.05) is 31.0 Å². The Bertz CT molecular complexity index is 962. The Hall–Kier alpha value is -3.04. The largest absolute Gasteiger partial charge is 0.368 e. The number of nitrogens with two attached hydrogens (primary N) is 1. The lowest BCUT2D eigenvalue weighted by Gasteiger charge is -2.08. The summed E-state index contributed by atoms with van der Waals surface area (Å²) >= 11 is 0. The third kappa shape index (κ3) is 4.74. The predicted molar refractivity (Wildman–Crippen MR) is 100 cm³/mol. The van der Waals surface area contributed by atoms with E-state index >= 15 is 0 Å². The van der Waals surface area contributed by atoms with E-state index in [0.717, 1.165) is 11.4 Å². The zero-order chi connectivity index (χ0) is 18.4. The first kappa shape index (κ1) is 17.8. The van der Waals surface area contributed by atoms with Crippen LogP contribution >= 0.6 is 0 Å². The molecule has 3 aromatic rings. The van der Waals surface area contributed by atoms with Crippen molar-refractivity contribution in [2.45, 2.75) is 4.90 Å². The monoisotopic (exact) mass is 370 g/mol. The summed E-state index contributed by atoms with van der Waals surface area (Å²) < 4.78 is 22.6. The summed E-state index contributed by atoms with van der Waals surface area (Å²) in [6, 6.07) is 13.6. The van der Waals surface area contributed by atoms with Gasteiger partial charge >= 0.3 is 0 Å². The second kappa shape index (κ2) is 7.89. The molecule has 0 bridgehead atoms. The molecular formula is C17H18N6O2S. The molecule has 2 aromatic heterocycles. The highest BCUT2D eigenvalue weighted by Crippen LogP contribution is 2.19. The molecule has 0 spiro atoms. The average molecular weight is 370 g/mol. The maximum atomic E-state index is 11.3. The Morgan fingerprint density at radius 1 is 0.885 bits per heavy atom. The first-order chi connectivity index (χ1) is 12.5. The summed E-state index contributed by atoms with van der Waals surface area (Å²) in [5.41, 5.74) is 1.45. The molecule has 0 saturated carbocycles. The standard InChI is InChI=1S/C17H18N6O2S/c18-26(24,25)14-6-4-13(5-7-14)15-8-10-21-17(23-15)22-12-11-20-16-3-1-2-9-19-16/h1-10H,11-12H2,(H,19,20)(H2,18,24,25)(H,21,22,23). The van der Waals surface area contributed by atoms with E-state index in [1.165, 1.54) is 12.1 Å². The van der Waals surface area contributed by atoms with Gasteiger partial charge < -0.3 is 10.6 Å². The summed E-state index contributed by atoms with van der Waals surface area (Å²) in [6.45, 7) is 1.28. The van der Waals surface area contributed by atoms with E-state index < -0.39 is 10.0 Å². The minimum atomic E-state index is -3.70. The number of sulfonamides is 1. The normalized spacial score (nSPS) is 11.1. The summed E-state index contributed by atoms with van der Waals surface area (Å²) in [7, 11) is -3.70. The van der Waals surface area contributed by atoms with Crippen LogP contribution in [0.1, 0.15) is 0 Å². The molecule has 9 heteroatoms. The maximum absolute atomic E-state index is 11.3. The highest BCUT2D eigenvalue weighted by atomic mass is 32.2. The molecule has 26 heavy (non-hydrogen) atoms. The number of primary sulfonamides is 1. The molecule has 0 aliphatic carbocycles. The molecule has 0 amide bonds. The highest BCUT2D eigenvalue weighted by Gasteiger charge is 2.08. The second-order valence-electron chi connectivity index (χ2n) is 5.40. The van der Waals surface area contributed by atoms with Crippen molar-refractivity contribution < 1.29 is 8.42 Å². The van der Waals surface area contributed by atoms with Gasteiger partial charge in [-0.3, -0.25) is 0 Å². The molecule has 134 valence electrons. The van der Waals surface area contributed by atoms with Crippen LogP contribution < -0.4 is 15.8 Å². The molecule has 2 heterocycles. The SMILES string of the molecule is NS(=O)(=O)c1ccc(-c2ccnc(NCCNc3ccccn3)n2)cc1. The van der Waals surface area contributed by atoms with Gasteiger partial charge in [0.1, 0.15) is 5.82 Å². The fourth-order valence-corrected chi connectivity index (χ4v) is 2.77. The summed E-state index contributed by atoms with van der Waals surface area (Å²) in [5, 5.41) is 11.4. The molecule has 1 aromatic carbocycles. The number of aromatic nitrogens is 3. The van der Waals surface area contributed by atoms with Gasteiger partial charge in [-0.15, -0.1) is 0 Å². The van der Waals surface area contributed by atoms with Crippen LogP contribution in [0.15, 0.2) is 65.8 Å². The number of nitrogens with zero attached hydrogens (tertiary/aromatic N) is 3. The first-order valence-electron chi connectivity index (χ1n) is 7.87. The van der Waals surface area contributed by atoms with E-state index in [1.807, 2.05) is 18.2 Å². The zero-order valence-electron chi connectivity index (χ0n) is 13.8. The zero-order valence-corrected chi connectivity index (χ0v) is 14.6. The molecule has 0 unspecified atom stereocenters. The second-order valence-corrected chi connectivity index (χ2v) is 6.96. The number of benzene rings is 1. The van der Waals surface area contributed by atoms with E-state index in [9.17, 15) is 8.42 Å². The molecule has 0 radical (unpaired) electrons. The van der Waals surface area contributed by atoms with E-state index in [0.29, 0.717) is 24.7 Å². The third-order valence-electron chi connectivity index (χ3n) is 3.51. The Kier molecular flexibility index (Phi) is 5.40. The first-order valence-corrected chi connectivity index (χ1v) is 9.42. The van der Waals surface area contributed by atoms with E-state index in [2.05, 4.69) is 25.6 Å². The number of anilines is 2. The lowest BCUT2D eigenvalue weighted by Crippen LogP contribution is -2.15. The van der Waals surface area contributed by atoms with Crippen LogP contribution in [0.2, 0.25) is 0 Å². The molecule has 0 aliphatic rings. The minimum Gasteiger partial charge on any atom is -0.368 e. The van der Waals surface area contributed by atoms with Crippen molar-refractivity contribution in [1.82, 2.24) is 15.0 Å². The van der Waals surface area contributed by atoms with Gasteiger partial charge in [-0.2, -0.15) is 0 Å². The number of nitrogens with one attached hydrogen (secondary N) is 2. The van der Waals surface area contributed by atoms with Gasteiger partial charge in [-0.1, -0.05) is 18.2 Å². The van der Waals surface area contributed by atoms with Crippen LogP contribution in [-0.2, 0) is 10.0 Å². The summed E-state index contributed by atoms with van der Waals surface area (Å²) in [4.78, 5) is 12.9. The lowest BCUT2D eigenvalue weighted by molar-refractivity contribution is 0.598. The molecule has 0 fully saturated rings. The fraction of sp³-hybridized carbons (Fsp3) is 0.118. The number of hydrogen-bond acceptors (Lipinski definition) is 7. The van der Waals surface area contributed by atoms with Crippen LogP contribution in [-0.4, -0.2) is 36.5 Å². The topological polar surface area (TPSA) is 123 Å². The van der Waals surface area contributed by atoms with Crippen molar-refractivity contribution in [3.8, 4) is 11.3 Å². The number of rotatable bonds is 7. The van der Waals surface area contributed by atoms with E-state index in [-0.39, 0.29) is 4.90 Å². The fourth-order valence-electron chi connectivity index (χ4n) is 2.25. The number of hydrogen-bond donors (Lipinski definition) is 3. The van der Waals surface area contributed by atoms with Crippen molar-refractivity contribution in [1.29, 1.82) is 0 Å². The Morgan fingerprint density at radius 2 is 1.65 bits per heavy atom. The van der Waals surface area contributed by atoms with Crippen molar-refractivity contribution in [3.63, 3.8) is 0 Å². The van der Waals surface area contributed by atoms with E-state index in [1.54, 1.807) is 30.6 Å². The molecular weight excluding hydrogens is 352 g/mol. The Morgan fingerprint density at radius 3 is 2.35 bits per heavy atom. The summed E-state index contributed by atoms with van der Waals surface area (Å²) in [6.07, 6.45) is 3.37. The highest BCUT2D eigenvalue weighted by molar-refractivity contribution is 7.89. The predicted octanol–water partition coefficient (Wildman–Crippen LogP) is 1.71. The Balaban J connectivity index is 1.61. The van der Waals surface area contributed by atoms with Crippen molar-refractivity contribution >= 4 is 21.8 Å². The lowest BCUT2D eigenvalue weighted by atomic mass is 10.1. The van der Waals surface area contributed by atoms with Crippen LogP contribution in [0.5, 0.6) is 0 Å². The number of pyridine rings is 1. The van der Waals surface area contributed by atoms with Gasteiger partial charge in [-0.25, -0.2) is 28.5 Å². The van der Waals surface area contributed by atoms with Gasteiger partial charge in [0.05, 0.1) is 10.6 Å². The molecule has 4 N–H and O–H groups in total. The van der Waals surface area contributed by atoms with E-state index in [4.69, 9.17) is 5.14 Å². The third-order valence-corrected chi connectivity index (χ3v) is 4.44. The summed E-state index contributed by atoms with van der Waals surface area (Å²) in [5.74, 6) is 1.29. The van der Waals surface area contributed by atoms with Gasteiger partial charge in [-0.05, 0) is 30.3 Å². The molecule has 8 nitrogen and oxygen atoms in total. The van der Waals surface area contributed by atoms with Crippen LogP contribution in [0.25, 0.3) is 11.3 Å². The van der Waals surface area contributed by atoms with Gasteiger partial charge in [0.2, 0.25) is 16.0 Å². The average Bonchev–Trinajstić information content (AvgIpc) is 2.66. The molecule has 0 aliphatic heterocycles. The van der Waals surface area contributed by atoms with Gasteiger partial charge in [0.25, 0.3) is 0 Å². The van der Waals surface area contributed by atoms with Crippen molar-refractivity contribution in [3.05, 3.63) is 60.9 Å². The molecule has 0 saturated heterocycles. The maximum Gasteiger partial charge on any atom is 0.238 e. The molecule has 0 atom stereocenters. The van der Waals surface area contributed by atoms with Crippen molar-refractivity contribution in [2.75, 3.05) is 23.7 Å². The quantitative estimate of drug-likeness (QED) is 0.541. The van der Waals surface area contributed by atoms with Crippen molar-refractivity contribution in [2.24, 2.45) is 5.14 Å². The van der Waals surface area contributed by atoms with Crippen LogP contribution in [0, 0.1) is 0 Å². The van der Waals surface area contributed by atoms with Crippen LogP contribution in [0.3, 0.4) is 0 Å². The van der Waals surface area contributed by atoms with Gasteiger partial charge in [0.15, 0.2) is 0 Å². The Labute approximate surface area is 151 Å². The molecule has 3 rings (SSSR count).